The van der Waals surface area contributed by atoms with Crippen LogP contribution >= 0.6 is 0 Å². The van der Waals surface area contributed by atoms with Gasteiger partial charge in [0.25, 0.3) is 0 Å². The molecule has 0 aromatic heterocycles. The highest BCUT2D eigenvalue weighted by Crippen LogP contribution is 2.14. The number of amides is 1. The number of halogens is 1. The van der Waals surface area contributed by atoms with E-state index in [4.69, 9.17) is 0 Å². The lowest BCUT2D eigenvalue weighted by molar-refractivity contribution is -0.142. The lowest BCUT2D eigenvalue weighted by Gasteiger charge is -2.18. The molecule has 0 saturated heterocycles. The van der Waals surface area contributed by atoms with Crippen molar-refractivity contribution in [2.24, 2.45) is 5.92 Å². The van der Waals surface area contributed by atoms with Crippen LogP contribution in [-0.4, -0.2) is 23.0 Å². The second kappa shape index (κ2) is 8.97. The van der Waals surface area contributed by atoms with Gasteiger partial charge in [-0.15, -0.1) is 0 Å². The smallest absolute Gasteiger partial charge is 0.326 e. The van der Waals surface area contributed by atoms with Gasteiger partial charge in [0.1, 0.15) is 11.9 Å². The highest BCUT2D eigenvalue weighted by Gasteiger charge is 2.23. The molecule has 0 aliphatic carbocycles. The second-order valence-electron chi connectivity index (χ2n) is 6.12. The van der Waals surface area contributed by atoms with E-state index in [1.807, 2.05) is 30.3 Å². The van der Waals surface area contributed by atoms with Crippen LogP contribution in [0.15, 0.2) is 54.6 Å². The summed E-state index contributed by atoms with van der Waals surface area (Å²) in [5.41, 5.74) is 1.40. The van der Waals surface area contributed by atoms with Crippen LogP contribution in [0.25, 0.3) is 0 Å². The maximum Gasteiger partial charge on any atom is 0.326 e. The van der Waals surface area contributed by atoms with E-state index in [1.165, 1.54) is 6.07 Å². The predicted molar refractivity (Wildman–Crippen MR) is 93.6 cm³/mol. The Labute approximate surface area is 146 Å². The van der Waals surface area contributed by atoms with Crippen molar-refractivity contribution in [3.05, 3.63) is 71.5 Å². The van der Waals surface area contributed by atoms with Crippen LogP contribution < -0.4 is 5.32 Å². The van der Waals surface area contributed by atoms with Crippen LogP contribution in [0.2, 0.25) is 0 Å². The molecule has 5 heteroatoms. The summed E-state index contributed by atoms with van der Waals surface area (Å²) < 4.78 is 13.6. The van der Waals surface area contributed by atoms with E-state index in [0.29, 0.717) is 18.4 Å². The number of benzene rings is 2. The van der Waals surface area contributed by atoms with Gasteiger partial charge >= 0.3 is 5.97 Å². The van der Waals surface area contributed by atoms with Crippen molar-refractivity contribution >= 4 is 11.9 Å². The first-order valence-corrected chi connectivity index (χ1v) is 8.28. The number of hydrogen-bond acceptors (Lipinski definition) is 2. The molecule has 0 radical (unpaired) electrons. The molecule has 0 aliphatic heterocycles. The lowest BCUT2D eigenvalue weighted by atomic mass is 9.99. The van der Waals surface area contributed by atoms with Gasteiger partial charge in [0, 0.05) is 12.3 Å². The van der Waals surface area contributed by atoms with Gasteiger partial charge in [-0.05, 0) is 30.0 Å². The molecule has 25 heavy (non-hydrogen) atoms. The first-order chi connectivity index (χ1) is 12.0. The molecule has 4 nitrogen and oxygen atoms in total. The van der Waals surface area contributed by atoms with Gasteiger partial charge in [-0.2, -0.15) is 0 Å². The predicted octanol–water partition coefficient (Wildman–Crippen LogP) is 3.21. The molecule has 2 N–H and O–H groups in total. The molecule has 0 spiro atoms. The summed E-state index contributed by atoms with van der Waals surface area (Å²) in [4.78, 5) is 23.7. The van der Waals surface area contributed by atoms with Crippen LogP contribution in [0.5, 0.6) is 0 Å². The summed E-state index contributed by atoms with van der Waals surface area (Å²) in [6, 6.07) is 14.6. The maximum atomic E-state index is 13.6. The molecule has 2 rings (SSSR count). The van der Waals surface area contributed by atoms with E-state index in [-0.39, 0.29) is 18.1 Å². The Hall–Kier alpha value is -2.69. The zero-order valence-corrected chi connectivity index (χ0v) is 14.1. The highest BCUT2D eigenvalue weighted by molar-refractivity contribution is 5.85. The molecule has 0 bridgehead atoms. The molecule has 2 atom stereocenters. The van der Waals surface area contributed by atoms with Crippen molar-refractivity contribution in [2.45, 2.75) is 32.2 Å². The van der Waals surface area contributed by atoms with Crippen molar-refractivity contribution < 1.29 is 19.1 Å². The minimum atomic E-state index is -1.07. The van der Waals surface area contributed by atoms with E-state index in [1.54, 1.807) is 25.1 Å². The summed E-state index contributed by atoms with van der Waals surface area (Å²) in [6.07, 6.45) is 1.10. The van der Waals surface area contributed by atoms with Crippen molar-refractivity contribution in [2.75, 3.05) is 0 Å². The van der Waals surface area contributed by atoms with Crippen LogP contribution in [0, 0.1) is 11.7 Å². The maximum absolute atomic E-state index is 13.6. The van der Waals surface area contributed by atoms with Gasteiger partial charge in [0.2, 0.25) is 5.91 Å². The number of nitrogens with one attached hydrogen (secondary N) is 1. The number of carboxylic acids is 1. The number of aryl methyl sites for hydroxylation is 1. The largest absolute Gasteiger partial charge is 0.480 e. The molecule has 0 heterocycles. The summed E-state index contributed by atoms with van der Waals surface area (Å²) >= 11 is 0. The second-order valence-corrected chi connectivity index (χ2v) is 6.12. The standard InChI is InChI=1S/C20H22FNO3/c1-14(11-12-16-9-5-6-10-17(16)21)19(23)22-18(20(24)25)13-15-7-3-2-4-8-15/h2-10,14,18H,11-13H2,1H3,(H,22,23)(H,24,25)/t14?,18-/m0/s1. The minimum Gasteiger partial charge on any atom is -0.480 e. The van der Waals surface area contributed by atoms with Crippen molar-refractivity contribution in [1.82, 2.24) is 5.32 Å². The third kappa shape index (κ3) is 5.71. The number of carbonyl (C=O) groups is 2. The number of rotatable bonds is 8. The molecule has 1 unspecified atom stereocenters. The molecule has 1 amide bonds. The molecule has 0 saturated carbocycles. The van der Waals surface area contributed by atoms with E-state index < -0.39 is 17.9 Å². The van der Waals surface area contributed by atoms with Gasteiger partial charge < -0.3 is 10.4 Å². The normalized spacial score (nSPS) is 13.0. The zero-order chi connectivity index (χ0) is 18.2. The number of aliphatic carboxylic acids is 1. The van der Waals surface area contributed by atoms with Gasteiger partial charge in [0.05, 0.1) is 0 Å². The fourth-order valence-corrected chi connectivity index (χ4v) is 2.57. The van der Waals surface area contributed by atoms with Crippen LogP contribution in [0.3, 0.4) is 0 Å². The quantitative estimate of drug-likeness (QED) is 0.773. The molecule has 2 aromatic carbocycles. The number of carboxylic acid groups (broad SMARTS) is 1. The van der Waals surface area contributed by atoms with Gasteiger partial charge in [-0.1, -0.05) is 55.5 Å². The summed E-state index contributed by atoms with van der Waals surface area (Å²) in [7, 11) is 0. The monoisotopic (exact) mass is 343 g/mol. The molecule has 0 aliphatic rings. The Kier molecular flexibility index (Phi) is 6.69. The first kappa shape index (κ1) is 18.6. The van der Waals surface area contributed by atoms with Gasteiger partial charge in [-0.3, -0.25) is 4.79 Å². The third-order valence-electron chi connectivity index (χ3n) is 4.15. The average molecular weight is 343 g/mol. The Balaban J connectivity index is 1.91. The van der Waals surface area contributed by atoms with E-state index >= 15 is 0 Å². The highest BCUT2D eigenvalue weighted by atomic mass is 19.1. The van der Waals surface area contributed by atoms with Crippen LogP contribution in [0.4, 0.5) is 4.39 Å². The van der Waals surface area contributed by atoms with Crippen LogP contribution in [-0.2, 0) is 22.4 Å². The topological polar surface area (TPSA) is 66.4 Å². The van der Waals surface area contributed by atoms with E-state index in [2.05, 4.69) is 5.32 Å². The van der Waals surface area contributed by atoms with E-state index in [0.717, 1.165) is 5.56 Å². The molecular weight excluding hydrogens is 321 g/mol. The first-order valence-electron chi connectivity index (χ1n) is 8.28. The zero-order valence-electron chi connectivity index (χ0n) is 14.1. The Morgan fingerprint density at radius 1 is 1.08 bits per heavy atom. The number of hydrogen-bond donors (Lipinski definition) is 2. The number of carbonyl (C=O) groups excluding carboxylic acids is 1. The van der Waals surface area contributed by atoms with Gasteiger partial charge in [-0.25, -0.2) is 9.18 Å². The molecular formula is C20H22FNO3. The van der Waals surface area contributed by atoms with Crippen molar-refractivity contribution in [3.63, 3.8) is 0 Å². The summed E-state index contributed by atoms with van der Waals surface area (Å²) in [6.45, 7) is 1.72. The van der Waals surface area contributed by atoms with Gasteiger partial charge in [0.15, 0.2) is 0 Å². The third-order valence-corrected chi connectivity index (χ3v) is 4.15. The Morgan fingerprint density at radius 3 is 2.36 bits per heavy atom. The van der Waals surface area contributed by atoms with Crippen molar-refractivity contribution in [3.8, 4) is 0 Å². The average Bonchev–Trinajstić information content (AvgIpc) is 2.61. The van der Waals surface area contributed by atoms with E-state index in [9.17, 15) is 19.1 Å². The fourth-order valence-electron chi connectivity index (χ4n) is 2.57. The van der Waals surface area contributed by atoms with Crippen molar-refractivity contribution in [1.29, 1.82) is 0 Å². The SMILES string of the molecule is CC(CCc1ccccc1F)C(=O)N[C@@H](Cc1ccccc1)C(=O)O. The van der Waals surface area contributed by atoms with Crippen LogP contribution in [0.1, 0.15) is 24.5 Å². The Morgan fingerprint density at radius 2 is 1.72 bits per heavy atom. The summed E-state index contributed by atoms with van der Waals surface area (Å²) in [5, 5.41) is 11.9. The Bertz CT molecular complexity index is 718. The fraction of sp³-hybridized carbons (Fsp3) is 0.300. The minimum absolute atomic E-state index is 0.224. The molecule has 2 aromatic rings. The lowest BCUT2D eigenvalue weighted by Crippen LogP contribution is -2.44. The molecule has 0 fully saturated rings. The molecule has 132 valence electrons. The summed E-state index contributed by atoms with van der Waals surface area (Å²) in [5.74, 6) is -2.10.